The zero-order valence-corrected chi connectivity index (χ0v) is 13.6. The Morgan fingerprint density at radius 2 is 2.15 bits per heavy atom. The molecular formula is C16H31N3O. The number of unbranched alkanes of at least 4 members (excludes halogenated alkanes) is 1. The van der Waals surface area contributed by atoms with Gasteiger partial charge in [0.25, 0.3) is 0 Å². The van der Waals surface area contributed by atoms with Crippen molar-refractivity contribution < 1.29 is 4.79 Å². The van der Waals surface area contributed by atoms with Crippen LogP contribution in [0.2, 0.25) is 0 Å². The van der Waals surface area contributed by atoms with Crippen LogP contribution in [0, 0.1) is 5.92 Å². The molecule has 2 fully saturated rings. The maximum absolute atomic E-state index is 12.5. The van der Waals surface area contributed by atoms with Crippen molar-refractivity contribution in [2.45, 2.75) is 71.6 Å². The molecule has 0 bridgehead atoms. The Hall–Kier alpha value is -0.610. The number of carbonyl (C=O) groups excluding carboxylic acids is 1. The largest absolute Gasteiger partial charge is 0.326 e. The van der Waals surface area contributed by atoms with Gasteiger partial charge in [0.1, 0.15) is 0 Å². The lowest BCUT2D eigenvalue weighted by molar-refractivity contribution is -0.130. The second-order valence-electron chi connectivity index (χ2n) is 6.77. The molecule has 2 aliphatic rings. The van der Waals surface area contributed by atoms with Crippen LogP contribution in [-0.4, -0.2) is 53.6 Å². The lowest BCUT2D eigenvalue weighted by Gasteiger charge is -2.25. The molecule has 2 rings (SSSR count). The Morgan fingerprint density at radius 3 is 2.75 bits per heavy atom. The minimum atomic E-state index is 0.0626. The molecule has 20 heavy (non-hydrogen) atoms. The van der Waals surface area contributed by atoms with Crippen LogP contribution in [0.3, 0.4) is 0 Å². The third kappa shape index (κ3) is 3.53. The van der Waals surface area contributed by atoms with Gasteiger partial charge in [-0.05, 0) is 46.1 Å². The van der Waals surface area contributed by atoms with E-state index in [0.29, 0.717) is 17.9 Å². The first kappa shape index (κ1) is 15.8. The number of hydrogen-bond donors (Lipinski definition) is 1. The minimum Gasteiger partial charge on any atom is -0.326 e. The van der Waals surface area contributed by atoms with Crippen molar-refractivity contribution in [2.24, 2.45) is 5.92 Å². The molecule has 2 aliphatic heterocycles. The van der Waals surface area contributed by atoms with E-state index in [2.05, 4.69) is 42.8 Å². The van der Waals surface area contributed by atoms with Gasteiger partial charge in [-0.1, -0.05) is 19.8 Å². The average Bonchev–Trinajstić information content (AvgIpc) is 2.97. The monoisotopic (exact) mass is 281 g/mol. The highest BCUT2D eigenvalue weighted by molar-refractivity contribution is 5.84. The maximum atomic E-state index is 12.5. The van der Waals surface area contributed by atoms with Crippen molar-refractivity contribution >= 4 is 5.91 Å². The smallest absolute Gasteiger partial charge is 0.241 e. The number of nitrogens with one attached hydrogen (secondary N) is 1. The third-order valence-electron chi connectivity index (χ3n) is 4.84. The summed E-state index contributed by atoms with van der Waals surface area (Å²) < 4.78 is 0. The molecule has 4 nitrogen and oxygen atoms in total. The number of rotatable bonds is 6. The topological polar surface area (TPSA) is 35.6 Å². The highest BCUT2D eigenvalue weighted by Gasteiger charge is 2.38. The molecule has 0 aromatic heterocycles. The van der Waals surface area contributed by atoms with E-state index in [0.717, 1.165) is 32.4 Å². The second kappa shape index (κ2) is 6.90. The SMILES string of the molecule is CCCCC1NC(C)N(CC2CCN(C(C)C)C2)C1=O. The van der Waals surface area contributed by atoms with Crippen molar-refractivity contribution in [3.63, 3.8) is 0 Å². The molecule has 0 spiro atoms. The molecule has 4 heteroatoms. The molecule has 1 N–H and O–H groups in total. The van der Waals surface area contributed by atoms with Crippen molar-refractivity contribution in [2.75, 3.05) is 19.6 Å². The van der Waals surface area contributed by atoms with Gasteiger partial charge in [0, 0.05) is 19.1 Å². The summed E-state index contributed by atoms with van der Waals surface area (Å²) >= 11 is 0. The first-order chi connectivity index (χ1) is 9.52. The minimum absolute atomic E-state index is 0.0626. The van der Waals surface area contributed by atoms with Crippen LogP contribution >= 0.6 is 0 Å². The first-order valence-electron chi connectivity index (χ1n) is 8.33. The maximum Gasteiger partial charge on any atom is 0.241 e. The predicted molar refractivity (Wildman–Crippen MR) is 82.4 cm³/mol. The van der Waals surface area contributed by atoms with E-state index in [1.807, 2.05) is 0 Å². The fraction of sp³-hybridized carbons (Fsp3) is 0.938. The van der Waals surface area contributed by atoms with Gasteiger partial charge in [-0.3, -0.25) is 10.1 Å². The Balaban J connectivity index is 1.85. The molecule has 1 amide bonds. The Bertz CT molecular complexity index is 332. The van der Waals surface area contributed by atoms with Crippen LogP contribution in [0.5, 0.6) is 0 Å². The number of hydrogen-bond acceptors (Lipinski definition) is 3. The molecule has 2 saturated heterocycles. The summed E-state index contributed by atoms with van der Waals surface area (Å²) in [6.45, 7) is 12.1. The molecule has 0 radical (unpaired) electrons. The van der Waals surface area contributed by atoms with Gasteiger partial charge in [0.15, 0.2) is 0 Å². The van der Waals surface area contributed by atoms with Crippen LogP contribution in [0.25, 0.3) is 0 Å². The number of nitrogens with zero attached hydrogens (tertiary/aromatic N) is 2. The van der Waals surface area contributed by atoms with E-state index in [1.54, 1.807) is 0 Å². The first-order valence-corrected chi connectivity index (χ1v) is 8.33. The average molecular weight is 281 g/mol. The molecule has 116 valence electrons. The molecular weight excluding hydrogens is 250 g/mol. The van der Waals surface area contributed by atoms with Crippen molar-refractivity contribution in [3.8, 4) is 0 Å². The Kier molecular flexibility index (Phi) is 5.44. The van der Waals surface area contributed by atoms with E-state index < -0.39 is 0 Å². The van der Waals surface area contributed by atoms with Gasteiger partial charge in [0.05, 0.1) is 12.2 Å². The van der Waals surface area contributed by atoms with E-state index in [4.69, 9.17) is 0 Å². The van der Waals surface area contributed by atoms with Gasteiger partial charge >= 0.3 is 0 Å². The molecule has 3 unspecified atom stereocenters. The van der Waals surface area contributed by atoms with E-state index in [9.17, 15) is 4.79 Å². The molecule has 0 aliphatic carbocycles. The predicted octanol–water partition coefficient (Wildman–Crippen LogP) is 2.05. The molecule has 3 atom stereocenters. The zero-order valence-electron chi connectivity index (χ0n) is 13.6. The van der Waals surface area contributed by atoms with Crippen LogP contribution in [0.4, 0.5) is 0 Å². The highest BCUT2D eigenvalue weighted by Crippen LogP contribution is 2.23. The van der Waals surface area contributed by atoms with Gasteiger partial charge in [-0.15, -0.1) is 0 Å². The van der Waals surface area contributed by atoms with Crippen molar-refractivity contribution in [3.05, 3.63) is 0 Å². The summed E-state index contributed by atoms with van der Waals surface area (Å²) in [7, 11) is 0. The molecule has 2 heterocycles. The number of amides is 1. The quantitative estimate of drug-likeness (QED) is 0.809. The summed E-state index contributed by atoms with van der Waals surface area (Å²) in [6, 6.07) is 0.690. The lowest BCUT2D eigenvalue weighted by Crippen LogP contribution is -2.39. The normalized spacial score (nSPS) is 31.8. The van der Waals surface area contributed by atoms with E-state index in [-0.39, 0.29) is 12.2 Å². The standard InChI is InChI=1S/C16H31N3O/c1-5-6-7-15-16(20)19(13(4)17-15)11-14-8-9-18(10-14)12(2)3/h12-15,17H,5-11H2,1-4H3. The van der Waals surface area contributed by atoms with Gasteiger partial charge in [-0.25, -0.2) is 0 Å². The zero-order chi connectivity index (χ0) is 14.7. The second-order valence-corrected chi connectivity index (χ2v) is 6.77. The summed E-state index contributed by atoms with van der Waals surface area (Å²) in [5, 5.41) is 3.46. The molecule has 0 saturated carbocycles. The Morgan fingerprint density at radius 1 is 1.40 bits per heavy atom. The third-order valence-corrected chi connectivity index (χ3v) is 4.84. The van der Waals surface area contributed by atoms with Gasteiger partial charge < -0.3 is 9.80 Å². The number of carbonyl (C=O) groups is 1. The Labute approximate surface area is 123 Å². The van der Waals surface area contributed by atoms with Crippen LogP contribution in [-0.2, 0) is 4.79 Å². The number of likely N-dealkylation sites (tertiary alicyclic amines) is 1. The lowest BCUT2D eigenvalue weighted by atomic mass is 10.1. The molecule has 0 aromatic carbocycles. The van der Waals surface area contributed by atoms with E-state index in [1.165, 1.54) is 13.0 Å². The van der Waals surface area contributed by atoms with Crippen LogP contribution in [0.15, 0.2) is 0 Å². The molecule has 0 aromatic rings. The fourth-order valence-corrected chi connectivity index (χ4v) is 3.47. The van der Waals surface area contributed by atoms with E-state index >= 15 is 0 Å². The summed E-state index contributed by atoms with van der Waals surface area (Å²) in [5.41, 5.74) is 0. The van der Waals surface area contributed by atoms with Gasteiger partial charge in [0.2, 0.25) is 5.91 Å². The summed E-state index contributed by atoms with van der Waals surface area (Å²) in [5.74, 6) is 0.976. The van der Waals surface area contributed by atoms with Crippen molar-refractivity contribution in [1.29, 1.82) is 0 Å². The summed E-state index contributed by atoms with van der Waals surface area (Å²) in [4.78, 5) is 17.1. The summed E-state index contributed by atoms with van der Waals surface area (Å²) in [6.07, 6.45) is 4.71. The fourth-order valence-electron chi connectivity index (χ4n) is 3.47. The van der Waals surface area contributed by atoms with Crippen molar-refractivity contribution in [1.82, 2.24) is 15.1 Å². The highest BCUT2D eigenvalue weighted by atomic mass is 16.2. The van der Waals surface area contributed by atoms with Crippen LogP contribution in [0.1, 0.15) is 53.4 Å². The van der Waals surface area contributed by atoms with Crippen LogP contribution < -0.4 is 5.32 Å². The van der Waals surface area contributed by atoms with Gasteiger partial charge in [-0.2, -0.15) is 0 Å².